The molecule has 0 aromatic heterocycles. The Balaban J connectivity index is 2.04. The SMILES string of the molecule is Cc1cc2c(cc1CCCCC#N)OCCO2. The Kier molecular flexibility index (Phi) is 3.87. The minimum atomic E-state index is 0.629. The average molecular weight is 231 g/mol. The maximum atomic E-state index is 8.49. The molecule has 0 atom stereocenters. The minimum Gasteiger partial charge on any atom is -0.486 e. The smallest absolute Gasteiger partial charge is 0.161 e. The first-order chi connectivity index (χ1) is 8.31. The van der Waals surface area contributed by atoms with Crippen LogP contribution in [0.25, 0.3) is 0 Å². The lowest BCUT2D eigenvalue weighted by atomic mass is 10.0. The Morgan fingerprint density at radius 2 is 1.88 bits per heavy atom. The van der Waals surface area contributed by atoms with Crippen LogP contribution in [0.3, 0.4) is 0 Å². The summed E-state index contributed by atoms with van der Waals surface area (Å²) in [7, 11) is 0. The highest BCUT2D eigenvalue weighted by atomic mass is 16.6. The van der Waals surface area contributed by atoms with Crippen LogP contribution in [-0.4, -0.2) is 13.2 Å². The molecule has 0 N–H and O–H groups in total. The van der Waals surface area contributed by atoms with Gasteiger partial charge in [-0.3, -0.25) is 0 Å². The van der Waals surface area contributed by atoms with Crippen molar-refractivity contribution in [2.45, 2.75) is 32.6 Å². The third kappa shape index (κ3) is 2.91. The van der Waals surface area contributed by atoms with Crippen molar-refractivity contribution in [1.29, 1.82) is 5.26 Å². The Morgan fingerprint density at radius 1 is 1.18 bits per heavy atom. The summed E-state index contributed by atoms with van der Waals surface area (Å²) < 4.78 is 11.1. The van der Waals surface area contributed by atoms with Crippen LogP contribution >= 0.6 is 0 Å². The molecular formula is C14H17NO2. The molecular weight excluding hydrogens is 214 g/mol. The van der Waals surface area contributed by atoms with Crippen molar-refractivity contribution < 1.29 is 9.47 Å². The first-order valence-corrected chi connectivity index (χ1v) is 6.07. The van der Waals surface area contributed by atoms with Gasteiger partial charge in [-0.1, -0.05) is 0 Å². The second-order valence-corrected chi connectivity index (χ2v) is 4.29. The van der Waals surface area contributed by atoms with E-state index < -0.39 is 0 Å². The number of ether oxygens (including phenoxy) is 2. The molecule has 2 rings (SSSR count). The van der Waals surface area contributed by atoms with Crippen molar-refractivity contribution in [1.82, 2.24) is 0 Å². The standard InChI is InChI=1S/C14H17NO2/c1-11-9-13-14(17-8-7-16-13)10-12(11)5-3-2-4-6-15/h9-10H,2-5,7-8H2,1H3. The van der Waals surface area contributed by atoms with Crippen molar-refractivity contribution in [2.75, 3.05) is 13.2 Å². The van der Waals surface area contributed by atoms with E-state index in [9.17, 15) is 0 Å². The number of nitrogens with zero attached hydrogens (tertiary/aromatic N) is 1. The summed E-state index contributed by atoms with van der Waals surface area (Å²) in [6.45, 7) is 3.36. The summed E-state index contributed by atoms with van der Waals surface area (Å²) in [5, 5.41) is 8.49. The Hall–Kier alpha value is -1.69. The van der Waals surface area contributed by atoms with Crippen molar-refractivity contribution in [2.24, 2.45) is 0 Å². The maximum Gasteiger partial charge on any atom is 0.161 e. The Labute approximate surface area is 102 Å². The molecule has 3 nitrogen and oxygen atoms in total. The molecule has 1 aromatic carbocycles. The molecule has 0 unspecified atom stereocenters. The van der Waals surface area contributed by atoms with E-state index in [1.807, 2.05) is 6.07 Å². The number of hydrogen-bond donors (Lipinski definition) is 0. The van der Waals surface area contributed by atoms with Crippen molar-refractivity contribution in [3.63, 3.8) is 0 Å². The number of benzene rings is 1. The largest absolute Gasteiger partial charge is 0.486 e. The van der Waals surface area contributed by atoms with E-state index in [2.05, 4.69) is 19.1 Å². The topological polar surface area (TPSA) is 42.2 Å². The first kappa shape index (κ1) is 11.8. The van der Waals surface area contributed by atoms with Gasteiger partial charge in [0.05, 0.1) is 6.07 Å². The van der Waals surface area contributed by atoms with Crippen LogP contribution in [0.2, 0.25) is 0 Å². The van der Waals surface area contributed by atoms with E-state index in [-0.39, 0.29) is 0 Å². The Morgan fingerprint density at radius 3 is 2.59 bits per heavy atom. The van der Waals surface area contributed by atoms with Gasteiger partial charge in [0.2, 0.25) is 0 Å². The van der Waals surface area contributed by atoms with Gasteiger partial charge in [-0.25, -0.2) is 0 Å². The van der Waals surface area contributed by atoms with Crippen LogP contribution in [0.5, 0.6) is 11.5 Å². The zero-order valence-corrected chi connectivity index (χ0v) is 10.2. The molecule has 1 heterocycles. The van der Waals surface area contributed by atoms with Gasteiger partial charge in [0.25, 0.3) is 0 Å². The molecule has 3 heteroatoms. The van der Waals surface area contributed by atoms with Crippen molar-refractivity contribution >= 4 is 0 Å². The summed E-state index contributed by atoms with van der Waals surface area (Å²) in [6.07, 6.45) is 3.66. The molecule has 0 bridgehead atoms. The van der Waals surface area contributed by atoms with Gasteiger partial charge in [0.1, 0.15) is 13.2 Å². The van der Waals surface area contributed by atoms with Crippen molar-refractivity contribution in [3.8, 4) is 17.6 Å². The van der Waals surface area contributed by atoms with Crippen LogP contribution in [0.15, 0.2) is 12.1 Å². The molecule has 90 valence electrons. The highest BCUT2D eigenvalue weighted by Gasteiger charge is 2.13. The zero-order valence-electron chi connectivity index (χ0n) is 10.2. The predicted molar refractivity (Wildman–Crippen MR) is 65.3 cm³/mol. The van der Waals surface area contributed by atoms with Gasteiger partial charge in [-0.2, -0.15) is 5.26 Å². The van der Waals surface area contributed by atoms with E-state index in [1.54, 1.807) is 0 Å². The van der Waals surface area contributed by atoms with Crippen LogP contribution < -0.4 is 9.47 Å². The second-order valence-electron chi connectivity index (χ2n) is 4.29. The first-order valence-electron chi connectivity index (χ1n) is 6.07. The van der Waals surface area contributed by atoms with E-state index in [1.165, 1.54) is 11.1 Å². The Bertz CT molecular complexity index is 435. The number of unbranched alkanes of at least 4 members (excludes halogenated alkanes) is 2. The van der Waals surface area contributed by atoms with Gasteiger partial charge in [0, 0.05) is 6.42 Å². The molecule has 17 heavy (non-hydrogen) atoms. The molecule has 0 radical (unpaired) electrons. The van der Waals surface area contributed by atoms with Gasteiger partial charge >= 0.3 is 0 Å². The van der Waals surface area contributed by atoms with E-state index >= 15 is 0 Å². The average Bonchev–Trinajstić information content (AvgIpc) is 2.35. The summed E-state index contributed by atoms with van der Waals surface area (Å²) in [5.74, 6) is 1.71. The van der Waals surface area contributed by atoms with E-state index in [4.69, 9.17) is 14.7 Å². The van der Waals surface area contributed by atoms with Gasteiger partial charge in [-0.05, 0) is 49.4 Å². The van der Waals surface area contributed by atoms with Gasteiger partial charge < -0.3 is 9.47 Å². The lowest BCUT2D eigenvalue weighted by molar-refractivity contribution is 0.171. The molecule has 0 amide bonds. The normalized spacial score (nSPS) is 13.2. The quantitative estimate of drug-likeness (QED) is 0.748. The number of hydrogen-bond acceptors (Lipinski definition) is 3. The van der Waals surface area contributed by atoms with Crippen LogP contribution in [-0.2, 0) is 6.42 Å². The number of aryl methyl sites for hydroxylation is 2. The molecule has 0 spiro atoms. The summed E-state index contributed by atoms with van der Waals surface area (Å²) in [4.78, 5) is 0. The molecule has 1 aromatic rings. The molecule has 0 fully saturated rings. The number of rotatable bonds is 4. The fourth-order valence-electron chi connectivity index (χ4n) is 2.02. The fourth-order valence-corrected chi connectivity index (χ4v) is 2.02. The van der Waals surface area contributed by atoms with Crippen molar-refractivity contribution in [3.05, 3.63) is 23.3 Å². The zero-order chi connectivity index (χ0) is 12.1. The lowest BCUT2D eigenvalue weighted by Gasteiger charge is -2.20. The number of fused-ring (bicyclic) bond motifs is 1. The van der Waals surface area contributed by atoms with Gasteiger partial charge in [-0.15, -0.1) is 0 Å². The monoisotopic (exact) mass is 231 g/mol. The van der Waals surface area contributed by atoms with E-state index in [0.717, 1.165) is 30.8 Å². The molecule has 0 saturated carbocycles. The molecule has 0 aliphatic carbocycles. The minimum absolute atomic E-state index is 0.629. The fraction of sp³-hybridized carbons (Fsp3) is 0.500. The van der Waals surface area contributed by atoms with Crippen LogP contribution in [0.4, 0.5) is 0 Å². The van der Waals surface area contributed by atoms with E-state index in [0.29, 0.717) is 19.6 Å². The van der Waals surface area contributed by atoms with Crippen LogP contribution in [0.1, 0.15) is 30.4 Å². The summed E-state index contributed by atoms with van der Waals surface area (Å²) in [6, 6.07) is 6.30. The van der Waals surface area contributed by atoms with Gasteiger partial charge in [0.15, 0.2) is 11.5 Å². The third-order valence-corrected chi connectivity index (χ3v) is 2.99. The summed E-state index contributed by atoms with van der Waals surface area (Å²) in [5.41, 5.74) is 2.54. The highest BCUT2D eigenvalue weighted by Crippen LogP contribution is 2.33. The molecule has 1 aliphatic heterocycles. The molecule has 1 aliphatic rings. The predicted octanol–water partition coefficient (Wildman–Crippen LogP) is 3.00. The highest BCUT2D eigenvalue weighted by molar-refractivity contribution is 5.47. The third-order valence-electron chi connectivity index (χ3n) is 2.99. The second kappa shape index (κ2) is 5.58. The number of nitriles is 1. The summed E-state index contributed by atoms with van der Waals surface area (Å²) >= 11 is 0. The maximum absolute atomic E-state index is 8.49. The van der Waals surface area contributed by atoms with Crippen LogP contribution in [0, 0.1) is 18.3 Å². The molecule has 0 saturated heterocycles. The lowest BCUT2D eigenvalue weighted by Crippen LogP contribution is -2.15.